The Hall–Kier alpha value is -2.44. The molecule has 0 amide bonds. The van der Waals surface area contributed by atoms with Gasteiger partial charge in [0.25, 0.3) is 5.69 Å². The van der Waals surface area contributed by atoms with Crippen molar-refractivity contribution in [2.75, 3.05) is 6.61 Å². The van der Waals surface area contributed by atoms with Crippen LogP contribution >= 0.6 is 0 Å². The lowest BCUT2D eigenvalue weighted by atomic mass is 10.2. The highest BCUT2D eigenvalue weighted by molar-refractivity contribution is 5.77. The molecular formula is C15H19NO6. The fourth-order valence-electron chi connectivity index (χ4n) is 1.58. The third-order valence-corrected chi connectivity index (χ3v) is 2.69. The molecule has 1 aromatic carbocycles. The van der Waals surface area contributed by atoms with E-state index < -0.39 is 16.9 Å². The zero-order valence-electron chi connectivity index (χ0n) is 12.6. The predicted molar refractivity (Wildman–Crippen MR) is 77.9 cm³/mol. The third kappa shape index (κ3) is 6.34. The summed E-state index contributed by atoms with van der Waals surface area (Å²) in [5.74, 6) is -0.828. The number of carbonyl (C=O) groups excluding carboxylic acids is 2. The van der Waals surface area contributed by atoms with Gasteiger partial charge in [0.2, 0.25) is 0 Å². The molecule has 0 unspecified atom stereocenters. The lowest BCUT2D eigenvalue weighted by molar-refractivity contribution is -0.385. The standard InChI is InChI=1S/C15H19NO6/c1-11(2)9-21-14(17)7-8-15(18)22-10-12-5-3-4-6-13(12)16(19)20/h3-6,11H,7-10H2,1-2H3. The highest BCUT2D eigenvalue weighted by Crippen LogP contribution is 2.18. The molecule has 7 nitrogen and oxygen atoms in total. The maximum atomic E-state index is 11.5. The largest absolute Gasteiger partial charge is 0.465 e. The molecule has 0 aromatic heterocycles. The summed E-state index contributed by atoms with van der Waals surface area (Å²) < 4.78 is 9.87. The topological polar surface area (TPSA) is 95.7 Å². The second-order valence-corrected chi connectivity index (χ2v) is 5.12. The molecule has 0 atom stereocenters. The average molecular weight is 309 g/mol. The van der Waals surface area contributed by atoms with Crippen molar-refractivity contribution >= 4 is 17.6 Å². The van der Waals surface area contributed by atoms with Gasteiger partial charge in [-0.15, -0.1) is 0 Å². The molecule has 1 rings (SSSR count). The Balaban J connectivity index is 2.38. The van der Waals surface area contributed by atoms with Gasteiger partial charge in [-0.3, -0.25) is 19.7 Å². The van der Waals surface area contributed by atoms with Gasteiger partial charge in [-0.1, -0.05) is 26.0 Å². The predicted octanol–water partition coefficient (Wildman–Crippen LogP) is 2.62. The van der Waals surface area contributed by atoms with Gasteiger partial charge in [0, 0.05) is 6.07 Å². The van der Waals surface area contributed by atoms with Crippen molar-refractivity contribution < 1.29 is 24.0 Å². The van der Waals surface area contributed by atoms with Crippen LogP contribution in [0.1, 0.15) is 32.3 Å². The second-order valence-electron chi connectivity index (χ2n) is 5.12. The Labute approximate surface area is 128 Å². The van der Waals surface area contributed by atoms with Crippen LogP contribution in [0.5, 0.6) is 0 Å². The van der Waals surface area contributed by atoms with E-state index in [4.69, 9.17) is 9.47 Å². The van der Waals surface area contributed by atoms with E-state index in [0.29, 0.717) is 12.2 Å². The lowest BCUT2D eigenvalue weighted by Gasteiger charge is -2.07. The van der Waals surface area contributed by atoms with Crippen LogP contribution in [-0.2, 0) is 25.7 Å². The molecule has 120 valence electrons. The van der Waals surface area contributed by atoms with E-state index >= 15 is 0 Å². The minimum absolute atomic E-state index is 0.0670. The van der Waals surface area contributed by atoms with Crippen LogP contribution in [0, 0.1) is 16.0 Å². The number of para-hydroxylation sites is 1. The number of esters is 2. The molecule has 0 saturated heterocycles. The number of nitrogens with zero attached hydrogens (tertiary/aromatic N) is 1. The number of carbonyl (C=O) groups is 2. The summed E-state index contributed by atoms with van der Waals surface area (Å²) in [6.07, 6.45) is -0.181. The molecule has 0 saturated carbocycles. The van der Waals surface area contributed by atoms with Crippen LogP contribution in [0.2, 0.25) is 0 Å². The molecule has 0 heterocycles. The van der Waals surface area contributed by atoms with Gasteiger partial charge in [-0.2, -0.15) is 0 Å². The first-order valence-corrected chi connectivity index (χ1v) is 6.93. The van der Waals surface area contributed by atoms with Crippen molar-refractivity contribution in [3.8, 4) is 0 Å². The first-order chi connectivity index (χ1) is 10.4. The van der Waals surface area contributed by atoms with Crippen LogP contribution in [0.15, 0.2) is 24.3 Å². The molecule has 0 bridgehead atoms. The molecule has 7 heteroatoms. The molecule has 1 aromatic rings. The summed E-state index contributed by atoms with van der Waals surface area (Å²) in [5, 5.41) is 10.8. The van der Waals surface area contributed by atoms with E-state index in [0.717, 1.165) is 0 Å². The number of rotatable bonds is 8. The van der Waals surface area contributed by atoms with Gasteiger partial charge in [0.05, 0.1) is 29.9 Å². The van der Waals surface area contributed by atoms with Gasteiger partial charge in [0.15, 0.2) is 0 Å². The highest BCUT2D eigenvalue weighted by atomic mass is 16.6. The molecule has 0 aliphatic rings. The summed E-state index contributed by atoms with van der Waals surface area (Å²) in [7, 11) is 0. The van der Waals surface area contributed by atoms with Gasteiger partial charge in [-0.25, -0.2) is 0 Å². The normalized spacial score (nSPS) is 10.3. The van der Waals surface area contributed by atoms with Crippen molar-refractivity contribution in [3.05, 3.63) is 39.9 Å². The third-order valence-electron chi connectivity index (χ3n) is 2.69. The first kappa shape index (κ1) is 17.6. The summed E-state index contributed by atoms with van der Waals surface area (Å²) in [4.78, 5) is 33.2. The van der Waals surface area contributed by atoms with Gasteiger partial charge in [0.1, 0.15) is 6.61 Å². The smallest absolute Gasteiger partial charge is 0.306 e. The number of ether oxygens (including phenoxy) is 2. The Morgan fingerprint density at radius 1 is 1.14 bits per heavy atom. The second kappa shape index (κ2) is 8.76. The number of nitro benzene ring substituents is 1. The van der Waals surface area contributed by atoms with E-state index in [1.807, 2.05) is 13.8 Å². The quantitative estimate of drug-likeness (QED) is 0.416. The van der Waals surface area contributed by atoms with E-state index in [1.165, 1.54) is 18.2 Å². The first-order valence-electron chi connectivity index (χ1n) is 6.93. The van der Waals surface area contributed by atoms with Crippen LogP contribution in [-0.4, -0.2) is 23.5 Å². The molecule has 0 spiro atoms. The van der Waals surface area contributed by atoms with Gasteiger partial charge in [-0.05, 0) is 12.0 Å². The van der Waals surface area contributed by atoms with E-state index in [2.05, 4.69) is 0 Å². The number of hydrogen-bond acceptors (Lipinski definition) is 6. The summed E-state index contributed by atoms with van der Waals surface area (Å²) in [6.45, 7) is 3.93. The van der Waals surface area contributed by atoms with Crippen molar-refractivity contribution in [1.29, 1.82) is 0 Å². The Kier molecular flexibility index (Phi) is 7.01. The molecular weight excluding hydrogens is 290 g/mol. The molecule has 0 fully saturated rings. The molecule has 0 aliphatic heterocycles. The maximum Gasteiger partial charge on any atom is 0.306 e. The summed E-state index contributed by atoms with van der Waals surface area (Å²) >= 11 is 0. The van der Waals surface area contributed by atoms with Crippen molar-refractivity contribution in [3.63, 3.8) is 0 Å². The molecule has 0 N–H and O–H groups in total. The minimum Gasteiger partial charge on any atom is -0.465 e. The molecule has 22 heavy (non-hydrogen) atoms. The van der Waals surface area contributed by atoms with Crippen LogP contribution in [0.3, 0.4) is 0 Å². The average Bonchev–Trinajstić information content (AvgIpc) is 2.48. The van der Waals surface area contributed by atoms with E-state index in [-0.39, 0.29) is 31.1 Å². The highest BCUT2D eigenvalue weighted by Gasteiger charge is 2.15. The monoisotopic (exact) mass is 309 g/mol. The Morgan fingerprint density at radius 2 is 1.73 bits per heavy atom. The summed E-state index contributed by atoms with van der Waals surface area (Å²) in [6, 6.07) is 6.02. The zero-order chi connectivity index (χ0) is 16.5. The summed E-state index contributed by atoms with van der Waals surface area (Å²) in [5.41, 5.74) is 0.204. The molecule has 0 radical (unpaired) electrons. The fraction of sp³-hybridized carbons (Fsp3) is 0.467. The number of hydrogen-bond donors (Lipinski definition) is 0. The zero-order valence-corrected chi connectivity index (χ0v) is 12.6. The SMILES string of the molecule is CC(C)COC(=O)CCC(=O)OCc1ccccc1[N+](=O)[O-]. The van der Waals surface area contributed by atoms with E-state index in [9.17, 15) is 19.7 Å². The van der Waals surface area contributed by atoms with Crippen molar-refractivity contribution in [2.24, 2.45) is 5.92 Å². The van der Waals surface area contributed by atoms with Crippen LogP contribution in [0.4, 0.5) is 5.69 Å². The van der Waals surface area contributed by atoms with Crippen LogP contribution in [0.25, 0.3) is 0 Å². The lowest BCUT2D eigenvalue weighted by Crippen LogP contribution is -2.13. The fourth-order valence-corrected chi connectivity index (χ4v) is 1.58. The van der Waals surface area contributed by atoms with E-state index in [1.54, 1.807) is 6.07 Å². The number of benzene rings is 1. The Morgan fingerprint density at radius 3 is 2.32 bits per heavy atom. The van der Waals surface area contributed by atoms with Gasteiger partial charge >= 0.3 is 11.9 Å². The molecule has 0 aliphatic carbocycles. The van der Waals surface area contributed by atoms with Gasteiger partial charge < -0.3 is 9.47 Å². The van der Waals surface area contributed by atoms with Crippen molar-refractivity contribution in [2.45, 2.75) is 33.3 Å². The maximum absolute atomic E-state index is 11.5. The van der Waals surface area contributed by atoms with Crippen molar-refractivity contribution in [1.82, 2.24) is 0 Å². The Bertz CT molecular complexity index is 541. The minimum atomic E-state index is -0.598. The van der Waals surface area contributed by atoms with Crippen LogP contribution < -0.4 is 0 Å². The number of nitro groups is 1.